The molecule has 0 radical (unpaired) electrons. The van der Waals surface area contributed by atoms with Gasteiger partial charge in [0.1, 0.15) is 24.5 Å². The molecular weight excluding hydrogens is 362 g/mol. The Kier molecular flexibility index (Phi) is 4.43. The smallest absolute Gasteiger partial charge is 0.414 e. The molecule has 0 fully saturated rings. The summed E-state index contributed by atoms with van der Waals surface area (Å²) in [6.07, 6.45) is -0.508. The summed E-state index contributed by atoms with van der Waals surface area (Å²) >= 11 is 0. The molecule has 0 unspecified atom stereocenters. The van der Waals surface area contributed by atoms with Crippen LogP contribution in [-0.2, 0) is 0 Å². The van der Waals surface area contributed by atoms with Crippen LogP contribution in [0, 0.1) is 6.92 Å². The first-order valence-corrected chi connectivity index (χ1v) is 8.80. The van der Waals surface area contributed by atoms with Crippen molar-refractivity contribution in [2.45, 2.75) is 6.92 Å². The average Bonchev–Trinajstić information content (AvgIpc) is 2.67. The summed E-state index contributed by atoms with van der Waals surface area (Å²) in [5, 5.41) is 0.758. The molecule has 0 aliphatic carbocycles. The number of carbonyl (C=O) groups is 1. The molecule has 1 aromatic heterocycles. The van der Waals surface area contributed by atoms with Gasteiger partial charge in [0.25, 0.3) is 0 Å². The Morgan fingerprint density at radius 1 is 1.04 bits per heavy atom. The van der Waals surface area contributed by atoms with Crippen LogP contribution in [0.15, 0.2) is 45.6 Å². The van der Waals surface area contributed by atoms with E-state index in [4.69, 9.17) is 18.6 Å². The van der Waals surface area contributed by atoms with Gasteiger partial charge >= 0.3 is 11.7 Å². The van der Waals surface area contributed by atoms with Crippen LogP contribution in [0.1, 0.15) is 5.56 Å². The minimum absolute atomic E-state index is 0.306. The maximum absolute atomic E-state index is 12.7. The van der Waals surface area contributed by atoms with Gasteiger partial charge in [-0.2, -0.15) is 0 Å². The van der Waals surface area contributed by atoms with Crippen molar-refractivity contribution in [1.82, 2.24) is 4.90 Å². The molecule has 4 rings (SSSR count). The molecule has 144 valence electrons. The Morgan fingerprint density at radius 3 is 2.54 bits per heavy atom. The van der Waals surface area contributed by atoms with E-state index in [2.05, 4.69) is 0 Å². The molecule has 1 aliphatic rings. The predicted octanol–water partition coefficient (Wildman–Crippen LogP) is 3.60. The molecule has 7 heteroatoms. The lowest BCUT2D eigenvalue weighted by molar-refractivity contribution is 0.171. The van der Waals surface area contributed by atoms with E-state index in [1.54, 1.807) is 44.4 Å². The second-order valence-corrected chi connectivity index (χ2v) is 6.67. The van der Waals surface area contributed by atoms with Crippen LogP contribution < -0.4 is 19.8 Å². The number of carbonyl (C=O) groups excluding carboxylic acids is 1. The number of amides is 1. The molecule has 0 atom stereocenters. The summed E-state index contributed by atoms with van der Waals surface area (Å²) in [7, 11) is 3.18. The van der Waals surface area contributed by atoms with Crippen LogP contribution >= 0.6 is 0 Å². The molecular formula is C21H19NO6. The summed E-state index contributed by atoms with van der Waals surface area (Å²) in [5.41, 5.74) is 1.81. The van der Waals surface area contributed by atoms with E-state index < -0.39 is 11.7 Å². The summed E-state index contributed by atoms with van der Waals surface area (Å²) < 4.78 is 21.9. The third kappa shape index (κ3) is 3.15. The second kappa shape index (κ2) is 6.92. The fourth-order valence-corrected chi connectivity index (χ4v) is 3.12. The van der Waals surface area contributed by atoms with E-state index >= 15 is 0 Å². The van der Waals surface area contributed by atoms with Crippen LogP contribution in [0.5, 0.6) is 17.2 Å². The number of hydrogen-bond donors (Lipinski definition) is 0. The van der Waals surface area contributed by atoms with E-state index in [1.807, 2.05) is 13.0 Å². The van der Waals surface area contributed by atoms with Gasteiger partial charge < -0.3 is 23.5 Å². The zero-order chi connectivity index (χ0) is 19.8. The molecule has 0 saturated heterocycles. The standard InChI is InChI=1S/C21H19NO6/c1-12-15-6-5-14(27-21(24)22(2)3)11-17(15)28-20(23)19(12)13-4-7-16-18(10-13)26-9-8-25-16/h4-7,10-11H,8-9H2,1-3H3. The van der Waals surface area contributed by atoms with Crippen molar-refractivity contribution >= 4 is 17.1 Å². The van der Waals surface area contributed by atoms with Gasteiger partial charge in [0, 0.05) is 25.5 Å². The van der Waals surface area contributed by atoms with Crippen LogP contribution in [0.4, 0.5) is 4.79 Å². The van der Waals surface area contributed by atoms with Crippen LogP contribution in [0.25, 0.3) is 22.1 Å². The Hall–Kier alpha value is -3.48. The zero-order valence-electron chi connectivity index (χ0n) is 15.8. The van der Waals surface area contributed by atoms with E-state index in [0.717, 1.165) is 10.9 Å². The van der Waals surface area contributed by atoms with Crippen molar-refractivity contribution in [3.8, 4) is 28.4 Å². The third-order valence-electron chi connectivity index (χ3n) is 4.54. The molecule has 2 heterocycles. The van der Waals surface area contributed by atoms with Crippen molar-refractivity contribution < 1.29 is 23.4 Å². The third-order valence-corrected chi connectivity index (χ3v) is 4.54. The number of aryl methyl sites for hydroxylation is 1. The molecule has 2 aromatic carbocycles. The lowest BCUT2D eigenvalue weighted by atomic mass is 9.99. The number of hydrogen-bond acceptors (Lipinski definition) is 6. The van der Waals surface area contributed by atoms with Gasteiger partial charge in [0.05, 0.1) is 5.56 Å². The minimum atomic E-state index is -0.508. The Balaban J connectivity index is 1.78. The highest BCUT2D eigenvalue weighted by atomic mass is 16.6. The molecule has 0 N–H and O–H groups in total. The molecule has 0 saturated carbocycles. The fourth-order valence-electron chi connectivity index (χ4n) is 3.12. The molecule has 0 spiro atoms. The van der Waals surface area contributed by atoms with Crippen molar-refractivity contribution in [3.63, 3.8) is 0 Å². The first-order chi connectivity index (χ1) is 13.4. The number of benzene rings is 2. The van der Waals surface area contributed by atoms with Crippen LogP contribution in [0.3, 0.4) is 0 Å². The molecule has 1 aliphatic heterocycles. The van der Waals surface area contributed by atoms with Crippen LogP contribution in [0.2, 0.25) is 0 Å². The first kappa shape index (κ1) is 17.9. The van der Waals surface area contributed by atoms with Gasteiger partial charge in [0.15, 0.2) is 11.5 Å². The topological polar surface area (TPSA) is 78.2 Å². The Labute approximate surface area is 161 Å². The van der Waals surface area contributed by atoms with Crippen molar-refractivity contribution in [2.24, 2.45) is 0 Å². The normalized spacial score (nSPS) is 12.7. The van der Waals surface area contributed by atoms with Gasteiger partial charge in [-0.25, -0.2) is 9.59 Å². The first-order valence-electron chi connectivity index (χ1n) is 8.80. The van der Waals surface area contributed by atoms with Gasteiger partial charge in [0.2, 0.25) is 0 Å². The van der Waals surface area contributed by atoms with Crippen LogP contribution in [-0.4, -0.2) is 38.3 Å². The number of nitrogens with zero attached hydrogens (tertiary/aromatic N) is 1. The molecule has 3 aromatic rings. The molecule has 1 amide bonds. The zero-order valence-corrected chi connectivity index (χ0v) is 15.8. The maximum Gasteiger partial charge on any atom is 0.414 e. The van der Waals surface area contributed by atoms with Crippen molar-refractivity contribution in [1.29, 1.82) is 0 Å². The largest absolute Gasteiger partial charge is 0.486 e. The predicted molar refractivity (Wildman–Crippen MR) is 103 cm³/mol. The number of fused-ring (bicyclic) bond motifs is 2. The summed E-state index contributed by atoms with van der Waals surface area (Å²) in [4.78, 5) is 25.8. The van der Waals surface area contributed by atoms with Gasteiger partial charge in [-0.1, -0.05) is 6.07 Å². The van der Waals surface area contributed by atoms with Crippen molar-refractivity contribution in [3.05, 3.63) is 52.4 Å². The van der Waals surface area contributed by atoms with E-state index in [1.165, 1.54) is 4.90 Å². The molecule has 28 heavy (non-hydrogen) atoms. The Bertz CT molecular complexity index is 1130. The highest BCUT2D eigenvalue weighted by Crippen LogP contribution is 2.36. The minimum Gasteiger partial charge on any atom is -0.486 e. The van der Waals surface area contributed by atoms with E-state index in [0.29, 0.717) is 47.2 Å². The average molecular weight is 381 g/mol. The summed E-state index contributed by atoms with van der Waals surface area (Å²) in [6.45, 7) is 2.83. The fraction of sp³-hybridized carbons (Fsp3) is 0.238. The summed E-state index contributed by atoms with van der Waals surface area (Å²) in [6, 6.07) is 10.4. The number of rotatable bonds is 2. The number of ether oxygens (including phenoxy) is 3. The monoisotopic (exact) mass is 381 g/mol. The lowest BCUT2D eigenvalue weighted by Gasteiger charge is -2.19. The van der Waals surface area contributed by atoms with Gasteiger partial charge in [-0.3, -0.25) is 0 Å². The highest BCUT2D eigenvalue weighted by Gasteiger charge is 2.18. The Morgan fingerprint density at radius 2 is 1.79 bits per heavy atom. The SMILES string of the molecule is Cc1c(-c2ccc3c(c2)OCCO3)c(=O)oc2cc(OC(=O)N(C)C)ccc12. The highest BCUT2D eigenvalue weighted by molar-refractivity contribution is 5.88. The quantitative estimate of drug-likeness (QED) is 0.631. The maximum atomic E-state index is 12.7. The van der Waals surface area contributed by atoms with E-state index in [9.17, 15) is 9.59 Å². The van der Waals surface area contributed by atoms with Gasteiger partial charge in [-0.05, 0) is 42.3 Å². The van der Waals surface area contributed by atoms with E-state index in [-0.39, 0.29) is 0 Å². The molecule has 7 nitrogen and oxygen atoms in total. The lowest BCUT2D eigenvalue weighted by Crippen LogP contribution is -2.25. The molecule has 0 bridgehead atoms. The van der Waals surface area contributed by atoms with Crippen molar-refractivity contribution in [2.75, 3.05) is 27.3 Å². The second-order valence-electron chi connectivity index (χ2n) is 6.67. The summed E-state index contributed by atoms with van der Waals surface area (Å²) in [5.74, 6) is 1.57. The van der Waals surface area contributed by atoms with Gasteiger partial charge in [-0.15, -0.1) is 0 Å².